The van der Waals surface area contributed by atoms with Crippen LogP contribution in [0, 0.1) is 34.5 Å². The van der Waals surface area contributed by atoms with Crippen LogP contribution in [0.15, 0.2) is 0 Å². The van der Waals surface area contributed by atoms with E-state index in [1.165, 1.54) is 51.4 Å². The highest BCUT2D eigenvalue weighted by Crippen LogP contribution is 2.78. The molecule has 3 saturated heterocycles. The van der Waals surface area contributed by atoms with E-state index in [1.54, 1.807) is 7.11 Å². The average Bonchev–Trinajstić information content (AvgIpc) is 3.38. The maximum atomic E-state index is 7.00. The standard InChI is InChI=1S/C28H45NO5/c1-16-24(29)21(30-4)14-23(32-16)33-18-7-10-25(2)17(13-18)5-6-20-19(25)8-11-27-15-31-26(3)22(27)9-12-28(20,27)34-26/h16-24H,5-15,29H2,1-4H3. The third-order valence-corrected chi connectivity index (χ3v) is 12.5. The fourth-order valence-electron chi connectivity index (χ4n) is 10.8. The number of methoxy groups -OCH3 is 1. The van der Waals surface area contributed by atoms with Crippen LogP contribution < -0.4 is 5.73 Å². The van der Waals surface area contributed by atoms with E-state index in [0.29, 0.717) is 22.7 Å². The SMILES string of the molecule is COC1CC(OC2CCC3(C)C(CCC4C3CCC35COC6(C)OC43CCC65)C2)OC(C)C1N. The van der Waals surface area contributed by atoms with Crippen molar-refractivity contribution in [1.82, 2.24) is 0 Å². The molecule has 13 atom stereocenters. The predicted octanol–water partition coefficient (Wildman–Crippen LogP) is 4.39. The van der Waals surface area contributed by atoms with Crippen molar-refractivity contribution in [2.24, 2.45) is 40.2 Å². The van der Waals surface area contributed by atoms with Crippen LogP contribution in [-0.4, -0.2) is 55.7 Å². The van der Waals surface area contributed by atoms with Gasteiger partial charge >= 0.3 is 0 Å². The second-order valence-corrected chi connectivity index (χ2v) is 13.5. The normalized spacial score (nSPS) is 62.2. The van der Waals surface area contributed by atoms with Gasteiger partial charge in [0.1, 0.15) is 0 Å². The van der Waals surface area contributed by atoms with Gasteiger partial charge in [0.2, 0.25) is 0 Å². The molecule has 7 fully saturated rings. The van der Waals surface area contributed by atoms with E-state index in [2.05, 4.69) is 13.8 Å². The van der Waals surface area contributed by atoms with Crippen molar-refractivity contribution in [3.8, 4) is 0 Å². The second-order valence-electron chi connectivity index (χ2n) is 13.5. The van der Waals surface area contributed by atoms with Crippen molar-refractivity contribution in [1.29, 1.82) is 0 Å². The van der Waals surface area contributed by atoms with Gasteiger partial charge in [0, 0.05) is 24.9 Å². The van der Waals surface area contributed by atoms with Gasteiger partial charge < -0.3 is 29.4 Å². The largest absolute Gasteiger partial charge is 0.380 e. The minimum Gasteiger partial charge on any atom is -0.380 e. The molecule has 34 heavy (non-hydrogen) atoms. The summed E-state index contributed by atoms with van der Waals surface area (Å²) in [4.78, 5) is 0. The first-order valence-corrected chi connectivity index (χ1v) is 14.2. The lowest BCUT2D eigenvalue weighted by molar-refractivity contribution is -0.333. The van der Waals surface area contributed by atoms with Crippen molar-refractivity contribution in [3.63, 3.8) is 0 Å². The first kappa shape index (κ1) is 22.9. The van der Waals surface area contributed by atoms with E-state index in [1.807, 2.05) is 6.92 Å². The lowest BCUT2D eigenvalue weighted by atomic mass is 9.43. The highest BCUT2D eigenvalue weighted by atomic mass is 16.7. The lowest BCUT2D eigenvalue weighted by Gasteiger charge is -2.64. The molecule has 2 N–H and O–H groups in total. The highest BCUT2D eigenvalue weighted by Gasteiger charge is 2.81. The molecule has 0 radical (unpaired) electrons. The van der Waals surface area contributed by atoms with E-state index < -0.39 is 0 Å². The van der Waals surface area contributed by atoms with Gasteiger partial charge in [-0.3, -0.25) is 0 Å². The fourth-order valence-corrected chi connectivity index (χ4v) is 10.8. The summed E-state index contributed by atoms with van der Waals surface area (Å²) < 4.78 is 31.6. The number of ether oxygens (including phenoxy) is 5. The maximum absolute atomic E-state index is 7.00. The van der Waals surface area contributed by atoms with Crippen molar-refractivity contribution < 1.29 is 23.7 Å². The molecule has 13 unspecified atom stereocenters. The fraction of sp³-hybridized carbons (Fsp3) is 1.00. The molecule has 6 heteroatoms. The Morgan fingerprint density at radius 3 is 2.62 bits per heavy atom. The molecule has 0 aromatic heterocycles. The molecule has 0 aromatic rings. The smallest absolute Gasteiger partial charge is 0.169 e. The number of hydrogen-bond donors (Lipinski definition) is 1. The zero-order chi connectivity index (χ0) is 23.5. The number of rotatable bonds is 3. The summed E-state index contributed by atoms with van der Waals surface area (Å²) in [6, 6.07) is -0.0836. The quantitative estimate of drug-likeness (QED) is 0.611. The van der Waals surface area contributed by atoms with Crippen molar-refractivity contribution >= 4 is 0 Å². The summed E-state index contributed by atoms with van der Waals surface area (Å²) in [6.45, 7) is 7.85. The molecule has 7 aliphatic rings. The summed E-state index contributed by atoms with van der Waals surface area (Å²) in [7, 11) is 1.75. The Morgan fingerprint density at radius 2 is 1.79 bits per heavy atom. The van der Waals surface area contributed by atoms with Gasteiger partial charge in [-0.1, -0.05) is 6.92 Å². The average molecular weight is 476 g/mol. The lowest BCUT2D eigenvalue weighted by Crippen LogP contribution is -2.64. The molecule has 1 spiro atoms. The van der Waals surface area contributed by atoms with Gasteiger partial charge in [-0.2, -0.15) is 0 Å². The zero-order valence-electron chi connectivity index (χ0n) is 21.6. The molecule has 4 aliphatic carbocycles. The molecule has 3 heterocycles. The third-order valence-electron chi connectivity index (χ3n) is 12.5. The number of nitrogens with two attached hydrogens (primary N) is 1. The summed E-state index contributed by atoms with van der Waals surface area (Å²) in [5, 5.41) is 0. The van der Waals surface area contributed by atoms with Crippen molar-refractivity contribution in [2.75, 3.05) is 13.7 Å². The Kier molecular flexibility index (Phi) is 5.00. The van der Waals surface area contributed by atoms with Crippen molar-refractivity contribution in [2.45, 2.75) is 127 Å². The summed E-state index contributed by atoms with van der Waals surface area (Å²) in [5.41, 5.74) is 7.07. The Bertz CT molecular complexity index is 840. The second kappa shape index (κ2) is 7.41. The summed E-state index contributed by atoms with van der Waals surface area (Å²) in [6.07, 6.45) is 12.2. The first-order valence-electron chi connectivity index (χ1n) is 14.2. The molecular weight excluding hydrogens is 430 g/mol. The summed E-state index contributed by atoms with van der Waals surface area (Å²) >= 11 is 0. The van der Waals surface area contributed by atoms with Gasteiger partial charge in [-0.05, 0) is 94.8 Å². The van der Waals surface area contributed by atoms with Crippen LogP contribution >= 0.6 is 0 Å². The monoisotopic (exact) mass is 475 g/mol. The van der Waals surface area contributed by atoms with Gasteiger partial charge in [0.15, 0.2) is 12.1 Å². The molecule has 7 rings (SSSR count). The Hall–Kier alpha value is -0.240. The van der Waals surface area contributed by atoms with E-state index in [-0.39, 0.29) is 42.0 Å². The van der Waals surface area contributed by atoms with Crippen LogP contribution in [-0.2, 0) is 23.7 Å². The predicted molar refractivity (Wildman–Crippen MR) is 127 cm³/mol. The molecule has 3 aliphatic heterocycles. The van der Waals surface area contributed by atoms with Gasteiger partial charge in [-0.25, -0.2) is 0 Å². The molecule has 0 amide bonds. The topological polar surface area (TPSA) is 72.2 Å². The molecular formula is C28H45NO5. The van der Waals surface area contributed by atoms with Crippen LogP contribution in [0.3, 0.4) is 0 Å². The minimum absolute atomic E-state index is 0.00896. The number of fused-ring (bicyclic) bond motifs is 3. The van der Waals surface area contributed by atoms with Gasteiger partial charge in [-0.15, -0.1) is 0 Å². The maximum Gasteiger partial charge on any atom is 0.169 e. The Labute approximate surface area is 204 Å². The molecule has 0 aromatic carbocycles. The summed E-state index contributed by atoms with van der Waals surface area (Å²) in [5.74, 6) is 2.54. The van der Waals surface area contributed by atoms with Crippen LogP contribution in [0.1, 0.15) is 85.0 Å². The van der Waals surface area contributed by atoms with E-state index >= 15 is 0 Å². The number of hydrogen-bond acceptors (Lipinski definition) is 6. The van der Waals surface area contributed by atoms with E-state index in [9.17, 15) is 0 Å². The van der Waals surface area contributed by atoms with Crippen molar-refractivity contribution in [3.05, 3.63) is 0 Å². The highest BCUT2D eigenvalue weighted by molar-refractivity contribution is 5.26. The van der Waals surface area contributed by atoms with Crippen LogP contribution in [0.4, 0.5) is 0 Å². The molecule has 6 nitrogen and oxygen atoms in total. The molecule has 4 saturated carbocycles. The van der Waals surface area contributed by atoms with Gasteiger partial charge in [0.05, 0.1) is 36.6 Å². The zero-order valence-corrected chi connectivity index (χ0v) is 21.6. The first-order chi connectivity index (χ1) is 16.2. The van der Waals surface area contributed by atoms with Gasteiger partial charge in [0.25, 0.3) is 0 Å². The molecule has 192 valence electrons. The van der Waals surface area contributed by atoms with E-state index in [4.69, 9.17) is 29.4 Å². The van der Waals surface area contributed by atoms with Crippen LogP contribution in [0.5, 0.6) is 0 Å². The Balaban J connectivity index is 1.07. The Morgan fingerprint density at radius 1 is 0.941 bits per heavy atom. The van der Waals surface area contributed by atoms with E-state index in [0.717, 1.165) is 31.3 Å². The van der Waals surface area contributed by atoms with Crippen LogP contribution in [0.2, 0.25) is 0 Å². The molecule has 4 bridgehead atoms. The van der Waals surface area contributed by atoms with Crippen LogP contribution in [0.25, 0.3) is 0 Å². The third kappa shape index (κ3) is 2.74. The minimum atomic E-state index is -0.309.